The number of hydrogen-bond donors (Lipinski definition) is 0. The molecule has 0 N–H and O–H groups in total. The van der Waals surface area contributed by atoms with Crippen LogP contribution in [0.15, 0.2) is 164 Å². The minimum absolute atomic E-state index is 0.665. The first-order valence-corrected chi connectivity index (χ1v) is 18.2. The van der Waals surface area contributed by atoms with E-state index in [1.54, 1.807) is 0 Å². The van der Waals surface area contributed by atoms with E-state index in [0.29, 0.717) is 17.5 Å². The van der Waals surface area contributed by atoms with Crippen molar-refractivity contribution in [2.45, 2.75) is 0 Å². The number of hydrogen-bond acceptors (Lipinski definition) is 5. The third-order valence-corrected chi connectivity index (χ3v) is 11.6. The molecule has 3 heterocycles. The lowest BCUT2D eigenvalue weighted by molar-refractivity contribution is 1.07. The van der Waals surface area contributed by atoms with E-state index in [1.165, 1.54) is 62.6 Å². The molecule has 0 aliphatic carbocycles. The monoisotopic (exact) mass is 673 g/mol. The van der Waals surface area contributed by atoms with Gasteiger partial charge in [-0.1, -0.05) is 140 Å². The topological polar surface area (TPSA) is 38.7 Å². The minimum atomic E-state index is 0.665. The van der Waals surface area contributed by atoms with Gasteiger partial charge in [-0.15, -0.1) is 22.7 Å². The maximum Gasteiger partial charge on any atom is 0.164 e. The van der Waals surface area contributed by atoms with Crippen molar-refractivity contribution < 1.29 is 0 Å². The van der Waals surface area contributed by atoms with Crippen LogP contribution in [0.1, 0.15) is 0 Å². The van der Waals surface area contributed by atoms with Gasteiger partial charge >= 0.3 is 0 Å². The maximum absolute atomic E-state index is 4.99. The second kappa shape index (κ2) is 11.8. The highest BCUT2D eigenvalue weighted by molar-refractivity contribution is 7.26. The summed E-state index contributed by atoms with van der Waals surface area (Å²) < 4.78 is 5.10. The molecular weight excluding hydrogens is 647 g/mol. The van der Waals surface area contributed by atoms with Gasteiger partial charge in [0.2, 0.25) is 0 Å². The highest BCUT2D eigenvalue weighted by Gasteiger charge is 2.17. The van der Waals surface area contributed by atoms with E-state index in [2.05, 4.69) is 103 Å². The summed E-state index contributed by atoms with van der Waals surface area (Å²) in [5.74, 6) is 2.00. The van der Waals surface area contributed by atoms with Crippen LogP contribution in [0, 0.1) is 0 Å². The van der Waals surface area contributed by atoms with E-state index >= 15 is 0 Å². The van der Waals surface area contributed by atoms with Gasteiger partial charge in [-0.25, -0.2) is 15.0 Å². The van der Waals surface area contributed by atoms with Crippen molar-refractivity contribution >= 4 is 63.0 Å². The van der Waals surface area contributed by atoms with Crippen molar-refractivity contribution in [3.05, 3.63) is 164 Å². The SMILES string of the molecule is c1ccc(-c2nc(-c3ccccc3)nc(-c3ccc4c(c3)sc3cccc(-c5ccccc5-c5ccc6c(c5)sc5ccccc56)c34)n2)cc1. The number of fused-ring (bicyclic) bond motifs is 6. The van der Waals surface area contributed by atoms with E-state index < -0.39 is 0 Å². The summed E-state index contributed by atoms with van der Waals surface area (Å²) in [7, 11) is 0. The molecule has 0 aliphatic heterocycles. The Bertz CT molecular complexity index is 2810. The lowest BCUT2D eigenvalue weighted by Crippen LogP contribution is -1.99. The summed E-state index contributed by atoms with van der Waals surface area (Å²) in [6.45, 7) is 0. The fourth-order valence-electron chi connectivity index (χ4n) is 6.99. The normalized spacial score (nSPS) is 11.6. The van der Waals surface area contributed by atoms with Crippen molar-refractivity contribution in [2.75, 3.05) is 0 Å². The van der Waals surface area contributed by atoms with Crippen LogP contribution in [0.5, 0.6) is 0 Å². The molecule has 5 heteroatoms. The van der Waals surface area contributed by atoms with Crippen LogP contribution < -0.4 is 0 Å². The molecule has 234 valence electrons. The van der Waals surface area contributed by atoms with E-state index in [0.717, 1.165) is 16.7 Å². The van der Waals surface area contributed by atoms with Crippen LogP contribution in [-0.4, -0.2) is 15.0 Å². The van der Waals surface area contributed by atoms with Crippen molar-refractivity contribution in [1.29, 1.82) is 0 Å². The van der Waals surface area contributed by atoms with Gasteiger partial charge in [0.15, 0.2) is 17.5 Å². The quantitative estimate of drug-likeness (QED) is 0.182. The minimum Gasteiger partial charge on any atom is -0.208 e. The van der Waals surface area contributed by atoms with E-state index in [-0.39, 0.29) is 0 Å². The maximum atomic E-state index is 4.99. The summed E-state index contributed by atoms with van der Waals surface area (Å²) in [5, 5.41) is 5.16. The second-order valence-corrected chi connectivity index (χ2v) is 14.6. The van der Waals surface area contributed by atoms with Gasteiger partial charge in [-0.3, -0.25) is 0 Å². The Morgan fingerprint density at radius 3 is 1.56 bits per heavy atom. The van der Waals surface area contributed by atoms with Gasteiger partial charge in [-0.2, -0.15) is 0 Å². The molecule has 10 aromatic rings. The van der Waals surface area contributed by atoms with E-state index in [4.69, 9.17) is 15.0 Å². The fourth-order valence-corrected chi connectivity index (χ4v) is 9.31. The van der Waals surface area contributed by atoms with Crippen molar-refractivity contribution in [2.24, 2.45) is 0 Å². The average molecular weight is 674 g/mol. The fraction of sp³-hybridized carbons (Fsp3) is 0. The van der Waals surface area contributed by atoms with Crippen LogP contribution in [0.25, 0.3) is 96.8 Å². The zero-order valence-electron chi connectivity index (χ0n) is 26.7. The third-order valence-electron chi connectivity index (χ3n) is 9.36. The summed E-state index contributed by atoms with van der Waals surface area (Å²) in [5.41, 5.74) is 7.85. The van der Waals surface area contributed by atoms with Gasteiger partial charge < -0.3 is 0 Å². The van der Waals surface area contributed by atoms with Crippen molar-refractivity contribution in [1.82, 2.24) is 15.0 Å². The second-order valence-electron chi connectivity index (χ2n) is 12.4. The molecule has 0 saturated carbocycles. The van der Waals surface area contributed by atoms with E-state index in [1.807, 2.05) is 83.3 Å². The summed E-state index contributed by atoms with van der Waals surface area (Å²) in [4.78, 5) is 14.9. The molecule has 0 amide bonds. The molecule has 0 fully saturated rings. The Labute approximate surface area is 296 Å². The van der Waals surface area contributed by atoms with Crippen LogP contribution in [0.4, 0.5) is 0 Å². The molecule has 10 rings (SSSR count). The Morgan fingerprint density at radius 1 is 0.300 bits per heavy atom. The molecule has 3 aromatic heterocycles. The molecule has 0 radical (unpaired) electrons. The standard InChI is InChI=1S/C45H27N3S2/c1-3-12-28(13-4-1)43-46-44(29-14-5-2-6-15-29)48-45(47-43)31-23-25-37-41(27-31)50-39-21-11-19-36(42(37)39)33-17-8-7-16-32(33)30-22-24-35-34-18-9-10-20-38(34)49-40(35)26-30/h1-27H. The van der Waals surface area contributed by atoms with Crippen LogP contribution >= 0.6 is 22.7 Å². The number of benzene rings is 7. The molecule has 7 aromatic carbocycles. The number of rotatable bonds is 5. The molecule has 0 bridgehead atoms. The highest BCUT2D eigenvalue weighted by Crippen LogP contribution is 2.45. The van der Waals surface area contributed by atoms with Gasteiger partial charge in [0.1, 0.15) is 0 Å². The first kappa shape index (κ1) is 29.0. The van der Waals surface area contributed by atoms with E-state index in [9.17, 15) is 0 Å². The Morgan fingerprint density at radius 2 is 0.800 bits per heavy atom. The summed E-state index contributed by atoms with van der Waals surface area (Å²) in [6, 6.07) is 58.0. The lowest BCUT2D eigenvalue weighted by atomic mass is 9.91. The van der Waals surface area contributed by atoms with Gasteiger partial charge in [0.25, 0.3) is 0 Å². The predicted octanol–water partition coefficient (Wildman–Crippen LogP) is 12.9. The molecule has 0 unspecified atom stereocenters. The molecule has 0 spiro atoms. The molecular formula is C45H27N3S2. The van der Waals surface area contributed by atoms with Crippen LogP contribution in [0.2, 0.25) is 0 Å². The highest BCUT2D eigenvalue weighted by atomic mass is 32.1. The smallest absolute Gasteiger partial charge is 0.164 e. The average Bonchev–Trinajstić information content (AvgIpc) is 3.76. The molecule has 0 atom stereocenters. The first-order valence-electron chi connectivity index (χ1n) is 16.6. The third kappa shape index (κ3) is 4.90. The Kier molecular flexibility index (Phi) is 6.86. The van der Waals surface area contributed by atoms with Gasteiger partial charge in [-0.05, 0) is 46.5 Å². The zero-order valence-corrected chi connectivity index (χ0v) is 28.4. The molecule has 0 aliphatic rings. The summed E-state index contributed by atoms with van der Waals surface area (Å²) in [6.07, 6.45) is 0. The van der Waals surface area contributed by atoms with Crippen molar-refractivity contribution in [3.63, 3.8) is 0 Å². The Balaban J connectivity index is 1.11. The van der Waals surface area contributed by atoms with Gasteiger partial charge in [0, 0.05) is 57.0 Å². The molecule has 3 nitrogen and oxygen atoms in total. The predicted molar refractivity (Wildman–Crippen MR) is 213 cm³/mol. The zero-order chi connectivity index (χ0) is 33.0. The first-order chi connectivity index (χ1) is 24.8. The molecule has 50 heavy (non-hydrogen) atoms. The van der Waals surface area contributed by atoms with Crippen LogP contribution in [-0.2, 0) is 0 Å². The number of nitrogens with zero attached hydrogens (tertiary/aromatic N) is 3. The number of thiophene rings is 2. The summed E-state index contributed by atoms with van der Waals surface area (Å²) >= 11 is 3.68. The van der Waals surface area contributed by atoms with Crippen molar-refractivity contribution in [3.8, 4) is 56.4 Å². The Hall–Kier alpha value is -6.01. The number of aromatic nitrogens is 3. The lowest BCUT2D eigenvalue weighted by Gasteiger charge is -2.12. The van der Waals surface area contributed by atoms with Gasteiger partial charge in [0.05, 0.1) is 0 Å². The van der Waals surface area contributed by atoms with Crippen LogP contribution in [0.3, 0.4) is 0 Å². The largest absolute Gasteiger partial charge is 0.208 e. The molecule has 0 saturated heterocycles.